The highest BCUT2D eigenvalue weighted by molar-refractivity contribution is 5.79. The first kappa shape index (κ1) is 13.0. The first-order chi connectivity index (χ1) is 7.47. The van der Waals surface area contributed by atoms with E-state index in [9.17, 15) is 9.59 Å². The zero-order valence-corrected chi connectivity index (χ0v) is 9.85. The van der Waals surface area contributed by atoms with Gasteiger partial charge in [-0.15, -0.1) is 0 Å². The van der Waals surface area contributed by atoms with Gasteiger partial charge in [-0.25, -0.2) is 0 Å². The van der Waals surface area contributed by atoms with Crippen LogP contribution in [-0.4, -0.2) is 41.0 Å². The smallest absolute Gasteiger partial charge is 0.306 e. The molecule has 3 unspecified atom stereocenters. The van der Waals surface area contributed by atoms with Crippen molar-refractivity contribution in [3.8, 4) is 0 Å². The van der Waals surface area contributed by atoms with Gasteiger partial charge in [0, 0.05) is 25.0 Å². The lowest BCUT2D eigenvalue weighted by molar-refractivity contribution is -0.148. The number of hydrogen-bond donors (Lipinski definition) is 2. The highest BCUT2D eigenvalue weighted by Crippen LogP contribution is 2.24. The van der Waals surface area contributed by atoms with Gasteiger partial charge in [-0.1, -0.05) is 6.92 Å². The molecule has 1 saturated heterocycles. The fourth-order valence-corrected chi connectivity index (χ4v) is 2.11. The van der Waals surface area contributed by atoms with Crippen LogP contribution in [0, 0.1) is 11.8 Å². The third kappa shape index (κ3) is 2.72. The third-order valence-corrected chi connectivity index (χ3v) is 3.28. The topological polar surface area (TPSA) is 83.6 Å². The summed E-state index contributed by atoms with van der Waals surface area (Å²) in [4.78, 5) is 24.5. The fourth-order valence-electron chi connectivity index (χ4n) is 2.11. The second kappa shape index (κ2) is 5.30. The van der Waals surface area contributed by atoms with Gasteiger partial charge in [-0.3, -0.25) is 9.59 Å². The SMILES string of the molecule is CC(CN)C(=O)N1CCC(C(=O)O)CC1C. The molecule has 0 aliphatic carbocycles. The van der Waals surface area contributed by atoms with Crippen LogP contribution in [0.15, 0.2) is 0 Å². The second-order valence-corrected chi connectivity index (χ2v) is 4.58. The van der Waals surface area contributed by atoms with E-state index in [1.165, 1.54) is 0 Å². The van der Waals surface area contributed by atoms with E-state index in [2.05, 4.69) is 0 Å². The van der Waals surface area contributed by atoms with E-state index in [1.807, 2.05) is 6.92 Å². The maximum atomic E-state index is 11.9. The molecule has 0 aromatic rings. The molecule has 16 heavy (non-hydrogen) atoms. The summed E-state index contributed by atoms with van der Waals surface area (Å²) in [6, 6.07) is -0.00338. The van der Waals surface area contributed by atoms with Gasteiger partial charge < -0.3 is 15.7 Å². The number of aliphatic carboxylic acids is 1. The van der Waals surface area contributed by atoms with Gasteiger partial charge in [0.25, 0.3) is 0 Å². The van der Waals surface area contributed by atoms with Crippen LogP contribution in [0.4, 0.5) is 0 Å². The van der Waals surface area contributed by atoms with Crippen molar-refractivity contribution < 1.29 is 14.7 Å². The van der Waals surface area contributed by atoms with Gasteiger partial charge in [0.2, 0.25) is 5.91 Å². The van der Waals surface area contributed by atoms with E-state index >= 15 is 0 Å². The highest BCUT2D eigenvalue weighted by atomic mass is 16.4. The van der Waals surface area contributed by atoms with E-state index in [4.69, 9.17) is 10.8 Å². The molecule has 1 fully saturated rings. The summed E-state index contributed by atoms with van der Waals surface area (Å²) >= 11 is 0. The Bertz CT molecular complexity index is 280. The van der Waals surface area contributed by atoms with Crippen molar-refractivity contribution in [1.29, 1.82) is 0 Å². The number of amides is 1. The summed E-state index contributed by atoms with van der Waals surface area (Å²) in [5, 5.41) is 8.91. The van der Waals surface area contributed by atoms with Crippen LogP contribution in [0.2, 0.25) is 0 Å². The van der Waals surface area contributed by atoms with Crippen LogP contribution in [-0.2, 0) is 9.59 Å². The largest absolute Gasteiger partial charge is 0.481 e. The van der Waals surface area contributed by atoms with Gasteiger partial charge >= 0.3 is 5.97 Å². The number of piperidine rings is 1. The van der Waals surface area contributed by atoms with Crippen molar-refractivity contribution in [2.45, 2.75) is 32.7 Å². The van der Waals surface area contributed by atoms with Crippen molar-refractivity contribution in [3.63, 3.8) is 0 Å². The van der Waals surface area contributed by atoms with E-state index in [0.717, 1.165) is 0 Å². The molecule has 92 valence electrons. The Hall–Kier alpha value is -1.10. The average Bonchev–Trinajstić information content (AvgIpc) is 2.26. The number of nitrogens with zero attached hydrogens (tertiary/aromatic N) is 1. The quantitative estimate of drug-likeness (QED) is 0.727. The van der Waals surface area contributed by atoms with Gasteiger partial charge in [-0.05, 0) is 19.8 Å². The molecule has 0 bridgehead atoms. The molecule has 1 amide bonds. The fraction of sp³-hybridized carbons (Fsp3) is 0.818. The van der Waals surface area contributed by atoms with Crippen molar-refractivity contribution in [2.75, 3.05) is 13.1 Å². The molecular formula is C11H20N2O3. The Morgan fingerprint density at radius 1 is 1.56 bits per heavy atom. The number of carboxylic acid groups (broad SMARTS) is 1. The first-order valence-corrected chi connectivity index (χ1v) is 5.70. The number of likely N-dealkylation sites (tertiary alicyclic amines) is 1. The van der Waals surface area contributed by atoms with E-state index in [-0.39, 0.29) is 23.8 Å². The standard InChI is InChI=1S/C11H20N2O3/c1-7(6-12)10(14)13-4-3-9(11(15)16)5-8(13)2/h7-9H,3-6,12H2,1-2H3,(H,15,16). The van der Waals surface area contributed by atoms with Gasteiger partial charge in [0.05, 0.1) is 5.92 Å². The van der Waals surface area contributed by atoms with Crippen molar-refractivity contribution in [1.82, 2.24) is 4.90 Å². The third-order valence-electron chi connectivity index (χ3n) is 3.28. The summed E-state index contributed by atoms with van der Waals surface area (Å²) in [5.41, 5.74) is 5.46. The maximum absolute atomic E-state index is 11.9. The minimum absolute atomic E-state index is 0.00338. The van der Waals surface area contributed by atoms with Crippen LogP contribution < -0.4 is 5.73 Å². The van der Waals surface area contributed by atoms with Gasteiger partial charge in [0.15, 0.2) is 0 Å². The van der Waals surface area contributed by atoms with Gasteiger partial charge in [0.1, 0.15) is 0 Å². The average molecular weight is 228 g/mol. The molecule has 5 heteroatoms. The Morgan fingerprint density at radius 3 is 2.62 bits per heavy atom. The minimum Gasteiger partial charge on any atom is -0.481 e. The zero-order valence-electron chi connectivity index (χ0n) is 9.85. The van der Waals surface area contributed by atoms with E-state index in [0.29, 0.717) is 25.9 Å². The van der Waals surface area contributed by atoms with E-state index in [1.54, 1.807) is 11.8 Å². The van der Waals surface area contributed by atoms with Crippen LogP contribution in [0.25, 0.3) is 0 Å². The Labute approximate surface area is 95.6 Å². The molecule has 3 atom stereocenters. The second-order valence-electron chi connectivity index (χ2n) is 4.58. The molecule has 1 aliphatic rings. The molecule has 3 N–H and O–H groups in total. The maximum Gasteiger partial charge on any atom is 0.306 e. The zero-order chi connectivity index (χ0) is 12.3. The van der Waals surface area contributed by atoms with Crippen molar-refractivity contribution >= 4 is 11.9 Å². The minimum atomic E-state index is -0.758. The van der Waals surface area contributed by atoms with Crippen LogP contribution in [0.3, 0.4) is 0 Å². The van der Waals surface area contributed by atoms with Crippen LogP contribution in [0.5, 0.6) is 0 Å². The lowest BCUT2D eigenvalue weighted by Gasteiger charge is -2.37. The summed E-state index contributed by atoms with van der Waals surface area (Å²) in [6.45, 7) is 4.57. The lowest BCUT2D eigenvalue weighted by atomic mass is 9.91. The molecule has 5 nitrogen and oxygen atoms in total. The Balaban J connectivity index is 2.60. The monoisotopic (exact) mass is 228 g/mol. The Kier molecular flexibility index (Phi) is 4.29. The summed E-state index contributed by atoms with van der Waals surface area (Å²) < 4.78 is 0. The summed E-state index contributed by atoms with van der Waals surface area (Å²) in [6.07, 6.45) is 1.08. The van der Waals surface area contributed by atoms with Gasteiger partial charge in [-0.2, -0.15) is 0 Å². The predicted molar refractivity (Wildman–Crippen MR) is 59.8 cm³/mol. The molecular weight excluding hydrogens is 208 g/mol. The van der Waals surface area contributed by atoms with Crippen LogP contribution >= 0.6 is 0 Å². The predicted octanol–water partition coefficient (Wildman–Crippen LogP) is 0.293. The summed E-state index contributed by atoms with van der Waals surface area (Å²) in [7, 11) is 0. The summed E-state index contributed by atoms with van der Waals surface area (Å²) in [5.74, 6) is -1.21. The molecule has 1 rings (SSSR count). The number of hydrogen-bond acceptors (Lipinski definition) is 3. The number of nitrogens with two attached hydrogens (primary N) is 1. The number of carbonyl (C=O) groups is 2. The number of carboxylic acids is 1. The molecule has 0 radical (unpaired) electrons. The first-order valence-electron chi connectivity index (χ1n) is 5.70. The van der Waals surface area contributed by atoms with Crippen molar-refractivity contribution in [3.05, 3.63) is 0 Å². The molecule has 0 aromatic heterocycles. The highest BCUT2D eigenvalue weighted by Gasteiger charge is 2.33. The van der Waals surface area contributed by atoms with Crippen molar-refractivity contribution in [2.24, 2.45) is 17.6 Å². The molecule has 1 aliphatic heterocycles. The number of carbonyl (C=O) groups excluding carboxylic acids is 1. The molecule has 1 heterocycles. The molecule has 0 aromatic carbocycles. The lowest BCUT2D eigenvalue weighted by Crippen LogP contribution is -2.48. The van der Waals surface area contributed by atoms with E-state index < -0.39 is 5.97 Å². The number of rotatable bonds is 3. The van der Waals surface area contributed by atoms with Crippen LogP contribution in [0.1, 0.15) is 26.7 Å². The normalized spacial score (nSPS) is 27.6. The Morgan fingerprint density at radius 2 is 2.19 bits per heavy atom. The molecule has 0 spiro atoms. The molecule has 0 saturated carbocycles.